The molecule has 1 amide bonds. The molecule has 25 heavy (non-hydrogen) atoms. The average Bonchev–Trinajstić information content (AvgIpc) is 3.15. The van der Waals surface area contributed by atoms with Crippen molar-refractivity contribution in [3.05, 3.63) is 78.1 Å². The molecule has 0 fully saturated rings. The summed E-state index contributed by atoms with van der Waals surface area (Å²) in [4.78, 5) is 27.7. The van der Waals surface area contributed by atoms with E-state index in [9.17, 15) is 14.0 Å². The fourth-order valence-electron chi connectivity index (χ4n) is 2.19. The minimum atomic E-state index is -1.30. The first-order valence-electron chi connectivity index (χ1n) is 7.25. The maximum atomic E-state index is 13.0. The van der Waals surface area contributed by atoms with E-state index in [2.05, 4.69) is 10.1 Å². The number of rotatable bonds is 5. The van der Waals surface area contributed by atoms with Gasteiger partial charge in [0.1, 0.15) is 18.5 Å². The van der Waals surface area contributed by atoms with Crippen molar-refractivity contribution in [1.82, 2.24) is 14.8 Å². The number of nitrogens with zero attached hydrogens (tertiary/aromatic N) is 3. The summed E-state index contributed by atoms with van der Waals surface area (Å²) in [6, 6.07) is 11.4. The zero-order valence-corrected chi connectivity index (χ0v) is 12.9. The van der Waals surface area contributed by atoms with Crippen molar-refractivity contribution in [2.24, 2.45) is 5.73 Å². The molecular weight excluding hydrogens is 327 g/mol. The predicted molar refractivity (Wildman–Crippen MR) is 85.1 cm³/mol. The van der Waals surface area contributed by atoms with Gasteiger partial charge in [-0.15, -0.1) is 0 Å². The predicted octanol–water partition coefficient (Wildman–Crippen LogP) is 1.79. The van der Waals surface area contributed by atoms with Crippen molar-refractivity contribution < 1.29 is 18.7 Å². The Labute approximate surface area is 141 Å². The standard InChI is InChI=1S/C17H13FN4O3/c18-13-5-1-11(2-6-13)15(16(19)23)25-17(24)12-3-7-14(8-4-12)22-10-20-9-21-22/h1-10,15H,(H2,19,23). The van der Waals surface area contributed by atoms with Gasteiger partial charge in [0.05, 0.1) is 11.3 Å². The minimum Gasteiger partial charge on any atom is -0.444 e. The summed E-state index contributed by atoms with van der Waals surface area (Å²) in [5.74, 6) is -2.04. The highest BCUT2D eigenvalue weighted by atomic mass is 19.1. The first-order chi connectivity index (χ1) is 12.0. The van der Waals surface area contributed by atoms with E-state index in [1.807, 2.05) is 0 Å². The topological polar surface area (TPSA) is 100 Å². The largest absolute Gasteiger partial charge is 0.444 e. The van der Waals surface area contributed by atoms with Gasteiger partial charge in [-0.1, -0.05) is 12.1 Å². The van der Waals surface area contributed by atoms with Crippen LogP contribution in [0.2, 0.25) is 0 Å². The maximum Gasteiger partial charge on any atom is 0.339 e. The molecule has 3 aromatic rings. The lowest BCUT2D eigenvalue weighted by atomic mass is 10.1. The summed E-state index contributed by atoms with van der Waals surface area (Å²) in [5.41, 5.74) is 6.53. The highest BCUT2D eigenvalue weighted by Gasteiger charge is 2.23. The molecule has 3 rings (SSSR count). The number of esters is 1. The third-order valence-corrected chi connectivity index (χ3v) is 3.44. The Morgan fingerprint density at radius 3 is 2.32 bits per heavy atom. The molecule has 0 saturated carbocycles. The van der Waals surface area contributed by atoms with Crippen LogP contribution >= 0.6 is 0 Å². The Bertz CT molecular complexity index is 877. The number of carbonyl (C=O) groups excluding carboxylic acids is 2. The molecule has 0 spiro atoms. The van der Waals surface area contributed by atoms with Gasteiger partial charge in [0, 0.05) is 5.56 Å². The Hall–Kier alpha value is -3.55. The molecule has 0 saturated heterocycles. The van der Waals surface area contributed by atoms with Crippen molar-refractivity contribution in [3.63, 3.8) is 0 Å². The molecule has 126 valence electrons. The van der Waals surface area contributed by atoms with Crippen LogP contribution in [0.3, 0.4) is 0 Å². The second-order valence-electron chi connectivity index (χ2n) is 5.13. The monoisotopic (exact) mass is 340 g/mol. The molecule has 2 aromatic carbocycles. The number of ether oxygens (including phenoxy) is 1. The van der Waals surface area contributed by atoms with Crippen molar-refractivity contribution >= 4 is 11.9 Å². The van der Waals surface area contributed by atoms with Crippen LogP contribution in [0.25, 0.3) is 5.69 Å². The molecule has 1 heterocycles. The molecule has 0 aliphatic carbocycles. The van der Waals surface area contributed by atoms with Gasteiger partial charge >= 0.3 is 5.97 Å². The summed E-state index contributed by atoms with van der Waals surface area (Å²) in [7, 11) is 0. The van der Waals surface area contributed by atoms with Crippen molar-refractivity contribution in [2.75, 3.05) is 0 Å². The number of hydrogen-bond acceptors (Lipinski definition) is 5. The molecule has 0 aliphatic heterocycles. The third-order valence-electron chi connectivity index (χ3n) is 3.44. The molecule has 0 aliphatic rings. The van der Waals surface area contributed by atoms with Gasteiger partial charge < -0.3 is 10.5 Å². The fourth-order valence-corrected chi connectivity index (χ4v) is 2.19. The van der Waals surface area contributed by atoms with Crippen LogP contribution < -0.4 is 5.73 Å². The molecule has 8 heteroatoms. The van der Waals surface area contributed by atoms with E-state index in [1.54, 1.807) is 12.1 Å². The summed E-state index contributed by atoms with van der Waals surface area (Å²) in [6.45, 7) is 0. The van der Waals surface area contributed by atoms with E-state index in [0.717, 1.165) is 12.1 Å². The highest BCUT2D eigenvalue weighted by molar-refractivity contribution is 5.92. The number of nitrogens with two attached hydrogens (primary N) is 1. The smallest absolute Gasteiger partial charge is 0.339 e. The van der Waals surface area contributed by atoms with E-state index in [-0.39, 0.29) is 5.56 Å². The highest BCUT2D eigenvalue weighted by Crippen LogP contribution is 2.20. The van der Waals surface area contributed by atoms with E-state index in [4.69, 9.17) is 10.5 Å². The lowest BCUT2D eigenvalue weighted by Gasteiger charge is -2.15. The zero-order chi connectivity index (χ0) is 17.8. The molecule has 2 N–H and O–H groups in total. The van der Waals surface area contributed by atoms with E-state index in [1.165, 1.54) is 41.6 Å². The quantitative estimate of drug-likeness (QED) is 0.714. The minimum absolute atomic E-state index is 0.234. The summed E-state index contributed by atoms with van der Waals surface area (Å²) in [5, 5.41) is 3.98. The number of amides is 1. The van der Waals surface area contributed by atoms with Crippen LogP contribution in [-0.4, -0.2) is 26.6 Å². The Morgan fingerprint density at radius 1 is 1.08 bits per heavy atom. The van der Waals surface area contributed by atoms with Crippen molar-refractivity contribution in [2.45, 2.75) is 6.10 Å². The van der Waals surface area contributed by atoms with Crippen molar-refractivity contribution in [3.8, 4) is 5.69 Å². The second-order valence-corrected chi connectivity index (χ2v) is 5.13. The second kappa shape index (κ2) is 6.91. The van der Waals surface area contributed by atoms with Gasteiger partial charge in [-0.05, 0) is 36.4 Å². The lowest BCUT2D eigenvalue weighted by molar-refractivity contribution is -0.127. The van der Waals surface area contributed by atoms with E-state index < -0.39 is 23.8 Å². The first-order valence-corrected chi connectivity index (χ1v) is 7.25. The number of primary amides is 1. The normalized spacial score (nSPS) is 11.7. The Morgan fingerprint density at radius 2 is 1.76 bits per heavy atom. The summed E-state index contributed by atoms with van der Waals surface area (Å²) in [6.07, 6.45) is 1.61. The van der Waals surface area contributed by atoms with Crippen LogP contribution in [0.4, 0.5) is 4.39 Å². The van der Waals surface area contributed by atoms with Crippen LogP contribution in [0.5, 0.6) is 0 Å². The summed E-state index contributed by atoms with van der Waals surface area (Å²) >= 11 is 0. The molecule has 0 radical (unpaired) electrons. The van der Waals surface area contributed by atoms with Gasteiger partial charge in [-0.3, -0.25) is 4.79 Å². The SMILES string of the molecule is NC(=O)C(OC(=O)c1ccc(-n2cncn2)cc1)c1ccc(F)cc1. The van der Waals surface area contributed by atoms with Gasteiger partial charge in [-0.25, -0.2) is 18.9 Å². The number of benzene rings is 2. The Kier molecular flexibility index (Phi) is 4.51. The molecule has 1 atom stereocenters. The maximum absolute atomic E-state index is 13.0. The van der Waals surface area contributed by atoms with Gasteiger partial charge in [0.15, 0.2) is 0 Å². The Balaban J connectivity index is 1.77. The fraction of sp³-hybridized carbons (Fsp3) is 0.0588. The van der Waals surface area contributed by atoms with E-state index >= 15 is 0 Å². The lowest BCUT2D eigenvalue weighted by Crippen LogP contribution is -2.26. The molecular formula is C17H13FN4O3. The molecule has 1 unspecified atom stereocenters. The number of hydrogen-bond donors (Lipinski definition) is 1. The van der Waals surface area contributed by atoms with Crippen LogP contribution in [-0.2, 0) is 9.53 Å². The molecule has 1 aromatic heterocycles. The third kappa shape index (κ3) is 3.69. The number of carbonyl (C=O) groups is 2. The van der Waals surface area contributed by atoms with Crippen LogP contribution in [0, 0.1) is 5.82 Å². The van der Waals surface area contributed by atoms with Crippen LogP contribution in [0.1, 0.15) is 22.0 Å². The number of halogens is 1. The summed E-state index contributed by atoms with van der Waals surface area (Å²) < 4.78 is 19.7. The zero-order valence-electron chi connectivity index (χ0n) is 12.9. The van der Waals surface area contributed by atoms with Crippen molar-refractivity contribution in [1.29, 1.82) is 0 Å². The van der Waals surface area contributed by atoms with Crippen LogP contribution in [0.15, 0.2) is 61.2 Å². The number of aromatic nitrogens is 3. The molecule has 7 nitrogen and oxygen atoms in total. The van der Waals surface area contributed by atoms with Gasteiger partial charge in [-0.2, -0.15) is 5.10 Å². The van der Waals surface area contributed by atoms with Gasteiger partial charge in [0.25, 0.3) is 5.91 Å². The molecule has 0 bridgehead atoms. The first kappa shape index (κ1) is 16.3. The average molecular weight is 340 g/mol. The van der Waals surface area contributed by atoms with Gasteiger partial charge in [0.2, 0.25) is 6.10 Å². The van der Waals surface area contributed by atoms with E-state index in [0.29, 0.717) is 11.3 Å².